The lowest BCUT2D eigenvalue weighted by atomic mass is 9.97. The van der Waals surface area contributed by atoms with E-state index >= 15 is 0 Å². The molecule has 0 aromatic rings. The predicted molar refractivity (Wildman–Crippen MR) is 74.0 cm³/mol. The summed E-state index contributed by atoms with van der Waals surface area (Å²) in [5.41, 5.74) is -0.748. The van der Waals surface area contributed by atoms with Gasteiger partial charge in [-0.3, -0.25) is 4.79 Å². The van der Waals surface area contributed by atoms with Gasteiger partial charge in [0.25, 0.3) is 0 Å². The highest BCUT2D eigenvalue weighted by Crippen LogP contribution is 2.34. The number of alkyl halides is 3. The maximum absolute atomic E-state index is 12.3. The summed E-state index contributed by atoms with van der Waals surface area (Å²) in [6.45, 7) is 4.54. The molecule has 2 atom stereocenters. The lowest BCUT2D eigenvalue weighted by molar-refractivity contribution is -0.151. The molecule has 0 heterocycles. The molecule has 0 aromatic heterocycles. The molecule has 7 heteroatoms. The second-order valence-corrected chi connectivity index (χ2v) is 5.58. The van der Waals surface area contributed by atoms with Crippen LogP contribution in [0.1, 0.15) is 39.5 Å². The first-order chi connectivity index (χ1) is 9.74. The first kappa shape index (κ1) is 18.2. The number of likely N-dealkylation sites (N-methyl/N-ethyl adjacent to an activating group) is 1. The van der Waals surface area contributed by atoms with Crippen molar-refractivity contribution in [3.63, 3.8) is 0 Å². The summed E-state index contributed by atoms with van der Waals surface area (Å²) < 4.78 is 42.0. The van der Waals surface area contributed by atoms with Gasteiger partial charge in [-0.2, -0.15) is 13.2 Å². The quantitative estimate of drug-likeness (QED) is 0.733. The summed E-state index contributed by atoms with van der Waals surface area (Å²) in [7, 11) is 1.68. The minimum atomic E-state index is -4.15. The smallest absolute Gasteiger partial charge is 0.390 e. The number of carbonyl (C=O) groups excluding carboxylic acids is 1. The maximum Gasteiger partial charge on any atom is 0.390 e. The van der Waals surface area contributed by atoms with E-state index in [4.69, 9.17) is 4.74 Å². The zero-order valence-corrected chi connectivity index (χ0v) is 12.9. The first-order valence-corrected chi connectivity index (χ1v) is 7.43. The summed E-state index contributed by atoms with van der Waals surface area (Å²) in [5.74, 6) is -0.293. The van der Waals surface area contributed by atoms with Crippen LogP contribution in [0, 0.1) is 0 Å². The molecule has 4 nitrogen and oxygen atoms in total. The molecule has 1 rings (SSSR count). The Morgan fingerprint density at radius 1 is 1.43 bits per heavy atom. The summed E-state index contributed by atoms with van der Waals surface area (Å²) in [4.78, 5) is 13.9. The highest BCUT2D eigenvalue weighted by molar-refractivity contribution is 5.81. The number of hydrogen-bond donors (Lipinski definition) is 1. The van der Waals surface area contributed by atoms with Crippen LogP contribution in [-0.4, -0.2) is 55.4 Å². The van der Waals surface area contributed by atoms with Crippen LogP contribution in [0.4, 0.5) is 13.2 Å². The third-order valence-electron chi connectivity index (χ3n) is 4.04. The minimum absolute atomic E-state index is 0.0317. The van der Waals surface area contributed by atoms with E-state index in [1.54, 1.807) is 18.9 Å². The normalized spacial score (nSPS) is 26.3. The molecule has 0 aliphatic heterocycles. The van der Waals surface area contributed by atoms with Gasteiger partial charge in [0.2, 0.25) is 0 Å². The van der Waals surface area contributed by atoms with Crippen molar-refractivity contribution in [2.45, 2.75) is 57.3 Å². The van der Waals surface area contributed by atoms with Gasteiger partial charge in [-0.1, -0.05) is 6.92 Å². The van der Waals surface area contributed by atoms with E-state index in [1.807, 2.05) is 6.92 Å². The monoisotopic (exact) mass is 310 g/mol. The molecule has 124 valence electrons. The third-order valence-corrected chi connectivity index (χ3v) is 4.04. The van der Waals surface area contributed by atoms with Gasteiger partial charge >= 0.3 is 12.1 Å². The van der Waals surface area contributed by atoms with E-state index in [1.165, 1.54) is 0 Å². The molecule has 0 radical (unpaired) electrons. The zero-order chi connectivity index (χ0) is 16.1. The molecule has 1 N–H and O–H groups in total. The van der Waals surface area contributed by atoms with Crippen LogP contribution in [-0.2, 0) is 9.53 Å². The number of ether oxygens (including phenoxy) is 1. The number of rotatable bonds is 7. The Labute approximate surface area is 124 Å². The number of hydrogen-bond acceptors (Lipinski definition) is 4. The maximum atomic E-state index is 12.3. The van der Waals surface area contributed by atoms with Crippen LogP contribution in [0.15, 0.2) is 0 Å². The van der Waals surface area contributed by atoms with Gasteiger partial charge < -0.3 is 15.0 Å². The van der Waals surface area contributed by atoms with Crippen molar-refractivity contribution in [3.8, 4) is 0 Å². The van der Waals surface area contributed by atoms with Gasteiger partial charge in [-0.25, -0.2) is 0 Å². The second-order valence-electron chi connectivity index (χ2n) is 5.58. The zero-order valence-electron chi connectivity index (χ0n) is 12.9. The minimum Gasteiger partial charge on any atom is -0.465 e. The molecule has 0 saturated heterocycles. The van der Waals surface area contributed by atoms with Crippen LogP contribution in [0.2, 0.25) is 0 Å². The molecule has 0 aromatic carbocycles. The van der Waals surface area contributed by atoms with Crippen molar-refractivity contribution in [2.75, 3.05) is 26.7 Å². The van der Waals surface area contributed by atoms with Gasteiger partial charge in [0.1, 0.15) is 5.54 Å². The van der Waals surface area contributed by atoms with E-state index in [0.717, 1.165) is 0 Å². The molecule has 1 aliphatic rings. The first-order valence-electron chi connectivity index (χ1n) is 7.43. The number of esters is 1. The van der Waals surface area contributed by atoms with Crippen molar-refractivity contribution in [2.24, 2.45) is 0 Å². The largest absolute Gasteiger partial charge is 0.465 e. The average molecular weight is 310 g/mol. The molecular weight excluding hydrogens is 285 g/mol. The number of carbonyl (C=O) groups is 1. The van der Waals surface area contributed by atoms with Crippen LogP contribution < -0.4 is 5.32 Å². The highest BCUT2D eigenvalue weighted by atomic mass is 19.4. The SMILES string of the molecule is CCNC1(C(=O)OCC)CCC(N(C)CCC(F)(F)F)C1. The van der Waals surface area contributed by atoms with Crippen molar-refractivity contribution in [1.82, 2.24) is 10.2 Å². The van der Waals surface area contributed by atoms with Crippen LogP contribution in [0.25, 0.3) is 0 Å². The third kappa shape index (κ3) is 5.14. The second kappa shape index (κ2) is 7.45. The van der Waals surface area contributed by atoms with E-state index < -0.39 is 18.1 Å². The Morgan fingerprint density at radius 3 is 2.62 bits per heavy atom. The Kier molecular flexibility index (Phi) is 6.46. The standard InChI is InChI=1S/C14H25F3N2O2/c1-4-18-13(12(20)21-5-2)7-6-11(10-13)19(3)9-8-14(15,16)17/h11,18H,4-10H2,1-3H3. The van der Waals surface area contributed by atoms with Crippen molar-refractivity contribution >= 4 is 5.97 Å². The summed E-state index contributed by atoms with van der Waals surface area (Å²) >= 11 is 0. The van der Waals surface area contributed by atoms with E-state index in [9.17, 15) is 18.0 Å². The average Bonchev–Trinajstić information content (AvgIpc) is 2.81. The Hall–Kier alpha value is -0.820. The Morgan fingerprint density at radius 2 is 2.10 bits per heavy atom. The Balaban J connectivity index is 2.63. The molecular formula is C14H25F3N2O2. The number of nitrogens with zero attached hydrogens (tertiary/aromatic N) is 1. The number of nitrogens with one attached hydrogen (secondary N) is 1. The van der Waals surface area contributed by atoms with Crippen molar-refractivity contribution in [1.29, 1.82) is 0 Å². The molecule has 1 fully saturated rings. The Bertz CT molecular complexity index is 350. The van der Waals surface area contributed by atoms with Crippen LogP contribution >= 0.6 is 0 Å². The van der Waals surface area contributed by atoms with Gasteiger partial charge in [0.15, 0.2) is 0 Å². The van der Waals surface area contributed by atoms with Crippen molar-refractivity contribution in [3.05, 3.63) is 0 Å². The fraction of sp³-hybridized carbons (Fsp3) is 0.929. The fourth-order valence-corrected chi connectivity index (χ4v) is 2.91. The van der Waals surface area contributed by atoms with E-state index in [0.29, 0.717) is 32.4 Å². The lowest BCUT2D eigenvalue weighted by Gasteiger charge is -2.30. The topological polar surface area (TPSA) is 41.6 Å². The molecule has 21 heavy (non-hydrogen) atoms. The predicted octanol–water partition coefficient (Wildman–Crippen LogP) is 2.33. The van der Waals surface area contributed by atoms with E-state index in [-0.39, 0.29) is 18.6 Å². The fourth-order valence-electron chi connectivity index (χ4n) is 2.91. The molecule has 2 unspecified atom stereocenters. The van der Waals surface area contributed by atoms with Crippen LogP contribution in [0.5, 0.6) is 0 Å². The lowest BCUT2D eigenvalue weighted by Crippen LogP contribution is -2.52. The van der Waals surface area contributed by atoms with Gasteiger partial charge in [-0.15, -0.1) is 0 Å². The van der Waals surface area contributed by atoms with Crippen LogP contribution in [0.3, 0.4) is 0 Å². The highest BCUT2D eigenvalue weighted by Gasteiger charge is 2.47. The molecule has 1 aliphatic carbocycles. The molecule has 0 spiro atoms. The van der Waals surface area contributed by atoms with Crippen molar-refractivity contribution < 1.29 is 22.7 Å². The van der Waals surface area contributed by atoms with Gasteiger partial charge in [0.05, 0.1) is 13.0 Å². The van der Waals surface area contributed by atoms with Gasteiger partial charge in [0, 0.05) is 12.6 Å². The number of halogens is 3. The summed E-state index contributed by atoms with van der Waals surface area (Å²) in [6, 6.07) is -0.0317. The van der Waals surface area contributed by atoms with Gasteiger partial charge in [-0.05, 0) is 39.8 Å². The molecule has 0 amide bonds. The molecule has 0 bridgehead atoms. The summed E-state index contributed by atoms with van der Waals surface area (Å²) in [6.07, 6.45) is -3.19. The summed E-state index contributed by atoms with van der Waals surface area (Å²) in [5, 5.41) is 3.18. The molecule has 1 saturated carbocycles. The van der Waals surface area contributed by atoms with E-state index in [2.05, 4.69) is 5.32 Å².